The Morgan fingerprint density at radius 3 is 2.53 bits per heavy atom. The van der Waals surface area contributed by atoms with Crippen LogP contribution in [0.3, 0.4) is 0 Å². The number of pyridine rings is 1. The highest BCUT2D eigenvalue weighted by atomic mass is 16.5. The summed E-state index contributed by atoms with van der Waals surface area (Å²) < 4.78 is 11.7. The van der Waals surface area contributed by atoms with Crippen LogP contribution in [0.15, 0.2) is 36.5 Å². The van der Waals surface area contributed by atoms with Gasteiger partial charge in [-0.05, 0) is 74.6 Å². The molecule has 30 heavy (non-hydrogen) atoms. The van der Waals surface area contributed by atoms with E-state index in [-0.39, 0.29) is 11.8 Å². The van der Waals surface area contributed by atoms with Gasteiger partial charge in [-0.3, -0.25) is 4.79 Å². The number of amides is 1. The van der Waals surface area contributed by atoms with Gasteiger partial charge in [-0.25, -0.2) is 4.98 Å². The standard InChI is InChI=1S/C24H30N2O4/c1-29-21-8-6-18(15-22(21)30-20-4-2-3-5-20)14-17-10-12-26(13-11-17)24(28)19-7-9-23(27)25-16-19/h6-9,15-17,20H,2-5,10-14H2,1H3,(H,25,27). The number of likely N-dealkylation sites (tertiary alicyclic amines) is 1. The van der Waals surface area contributed by atoms with E-state index < -0.39 is 0 Å². The zero-order valence-corrected chi connectivity index (χ0v) is 17.5. The van der Waals surface area contributed by atoms with Gasteiger partial charge in [0.05, 0.1) is 18.8 Å². The van der Waals surface area contributed by atoms with Crippen LogP contribution >= 0.6 is 0 Å². The lowest BCUT2D eigenvalue weighted by Crippen LogP contribution is -2.38. The van der Waals surface area contributed by atoms with E-state index >= 15 is 0 Å². The smallest absolute Gasteiger partial charge is 0.255 e. The number of hydrogen-bond donors (Lipinski definition) is 1. The minimum absolute atomic E-state index is 0.0161. The van der Waals surface area contributed by atoms with Crippen LogP contribution in [0.4, 0.5) is 0 Å². The number of rotatable bonds is 6. The van der Waals surface area contributed by atoms with Crippen LogP contribution in [0.25, 0.3) is 0 Å². The fourth-order valence-electron chi connectivity index (χ4n) is 4.49. The fourth-order valence-corrected chi connectivity index (χ4v) is 4.49. The molecular weight excluding hydrogens is 380 g/mol. The van der Waals surface area contributed by atoms with Crippen LogP contribution in [0.5, 0.6) is 17.4 Å². The number of hydrogen-bond acceptors (Lipinski definition) is 5. The molecule has 0 spiro atoms. The molecule has 6 heteroatoms. The summed E-state index contributed by atoms with van der Waals surface area (Å²) in [6, 6.07) is 9.35. The van der Waals surface area contributed by atoms with Gasteiger partial charge in [-0.15, -0.1) is 0 Å². The van der Waals surface area contributed by atoms with E-state index in [0.717, 1.165) is 56.7 Å². The maximum Gasteiger partial charge on any atom is 0.255 e. The number of aromatic nitrogens is 1. The quantitative estimate of drug-likeness (QED) is 0.772. The summed E-state index contributed by atoms with van der Waals surface area (Å²) in [5.41, 5.74) is 1.78. The summed E-state index contributed by atoms with van der Waals surface area (Å²) in [6.45, 7) is 1.48. The molecule has 0 bridgehead atoms. The van der Waals surface area contributed by atoms with Gasteiger partial charge >= 0.3 is 0 Å². The Kier molecular flexibility index (Phi) is 6.41. The lowest BCUT2D eigenvalue weighted by molar-refractivity contribution is 0.0690. The van der Waals surface area contributed by atoms with Crippen LogP contribution in [0.1, 0.15) is 54.4 Å². The van der Waals surface area contributed by atoms with Crippen LogP contribution in [-0.4, -0.2) is 47.2 Å². The summed E-state index contributed by atoms with van der Waals surface area (Å²) in [5.74, 6) is 2.11. The van der Waals surface area contributed by atoms with Crippen molar-refractivity contribution >= 4 is 5.91 Å². The van der Waals surface area contributed by atoms with E-state index in [4.69, 9.17) is 9.47 Å². The molecule has 2 aromatic rings. The third-order valence-corrected chi connectivity index (χ3v) is 6.24. The molecule has 1 aromatic heterocycles. The largest absolute Gasteiger partial charge is 0.493 e. The van der Waals surface area contributed by atoms with Crippen LogP contribution in [0.2, 0.25) is 0 Å². The van der Waals surface area contributed by atoms with Gasteiger partial charge in [0.2, 0.25) is 5.88 Å². The minimum atomic E-state index is -0.0685. The molecule has 2 fully saturated rings. The number of piperidine rings is 1. The van der Waals surface area contributed by atoms with Crippen molar-refractivity contribution in [2.75, 3.05) is 20.2 Å². The molecule has 0 radical (unpaired) electrons. The molecule has 1 saturated carbocycles. The normalized spacial score (nSPS) is 17.8. The molecule has 2 heterocycles. The zero-order chi connectivity index (χ0) is 20.9. The monoisotopic (exact) mass is 410 g/mol. The Hall–Kier alpha value is -2.76. The first-order valence-corrected chi connectivity index (χ1v) is 10.9. The molecule has 1 amide bonds. The van der Waals surface area contributed by atoms with E-state index in [2.05, 4.69) is 17.1 Å². The molecule has 1 N–H and O–H groups in total. The Morgan fingerprint density at radius 1 is 1.10 bits per heavy atom. The number of ether oxygens (including phenoxy) is 2. The third-order valence-electron chi connectivity index (χ3n) is 6.24. The zero-order valence-electron chi connectivity index (χ0n) is 17.5. The summed E-state index contributed by atoms with van der Waals surface area (Å²) >= 11 is 0. The summed E-state index contributed by atoms with van der Waals surface area (Å²) in [4.78, 5) is 18.3. The molecule has 1 aliphatic heterocycles. The summed E-state index contributed by atoms with van der Waals surface area (Å²) in [7, 11) is 1.69. The molecule has 1 aromatic carbocycles. The second-order valence-corrected chi connectivity index (χ2v) is 8.35. The number of carbonyl (C=O) groups is 1. The van der Waals surface area contributed by atoms with Crippen molar-refractivity contribution in [3.8, 4) is 17.4 Å². The van der Waals surface area contributed by atoms with Crippen LogP contribution in [0, 0.1) is 5.92 Å². The number of methoxy groups -OCH3 is 1. The lowest BCUT2D eigenvalue weighted by Gasteiger charge is -2.32. The molecule has 0 unspecified atom stereocenters. The summed E-state index contributed by atoms with van der Waals surface area (Å²) in [5, 5.41) is 9.30. The topological polar surface area (TPSA) is 71.9 Å². The van der Waals surface area contributed by atoms with E-state index in [1.54, 1.807) is 13.2 Å². The maximum absolute atomic E-state index is 12.6. The third kappa shape index (κ3) is 4.86. The van der Waals surface area contributed by atoms with Crippen LogP contribution < -0.4 is 9.47 Å². The number of aromatic hydroxyl groups is 1. The van der Waals surface area contributed by atoms with Crippen molar-refractivity contribution in [3.63, 3.8) is 0 Å². The molecule has 0 atom stereocenters. The summed E-state index contributed by atoms with van der Waals surface area (Å²) in [6.07, 6.45) is 9.39. The molecular formula is C24H30N2O4. The molecule has 1 saturated heterocycles. The average molecular weight is 411 g/mol. The highest BCUT2D eigenvalue weighted by Crippen LogP contribution is 2.34. The Labute approximate surface area is 177 Å². The Bertz CT molecular complexity index is 854. The van der Waals surface area contributed by atoms with Crippen LogP contribution in [-0.2, 0) is 6.42 Å². The van der Waals surface area contributed by atoms with Crippen molar-refractivity contribution in [1.82, 2.24) is 9.88 Å². The SMILES string of the molecule is COc1ccc(CC2CCN(C(=O)c3ccc(O)nc3)CC2)cc1OC1CCCC1. The first-order valence-electron chi connectivity index (χ1n) is 10.9. The second-order valence-electron chi connectivity index (χ2n) is 8.35. The molecule has 1 aliphatic carbocycles. The number of benzene rings is 1. The second kappa shape index (κ2) is 9.37. The van der Waals surface area contributed by atoms with Gasteiger partial charge in [-0.1, -0.05) is 6.07 Å². The van der Waals surface area contributed by atoms with Gasteiger partial charge in [0.15, 0.2) is 11.5 Å². The average Bonchev–Trinajstić information content (AvgIpc) is 3.28. The van der Waals surface area contributed by atoms with Crippen molar-refractivity contribution < 1.29 is 19.4 Å². The van der Waals surface area contributed by atoms with Crippen molar-refractivity contribution in [3.05, 3.63) is 47.7 Å². The maximum atomic E-state index is 12.6. The van der Waals surface area contributed by atoms with E-state index in [9.17, 15) is 9.90 Å². The van der Waals surface area contributed by atoms with Gasteiger partial charge in [0.1, 0.15) is 0 Å². The molecule has 160 valence electrons. The highest BCUT2D eigenvalue weighted by molar-refractivity contribution is 5.94. The van der Waals surface area contributed by atoms with Crippen molar-refractivity contribution in [2.45, 2.75) is 51.0 Å². The number of nitrogens with zero attached hydrogens (tertiary/aromatic N) is 2. The van der Waals surface area contributed by atoms with Crippen molar-refractivity contribution in [2.24, 2.45) is 5.92 Å². The number of carbonyl (C=O) groups excluding carboxylic acids is 1. The molecule has 2 aliphatic rings. The van der Waals surface area contributed by atoms with E-state index in [1.807, 2.05) is 11.0 Å². The lowest BCUT2D eigenvalue weighted by atomic mass is 9.90. The molecule has 6 nitrogen and oxygen atoms in total. The minimum Gasteiger partial charge on any atom is -0.493 e. The van der Waals surface area contributed by atoms with Gasteiger partial charge in [0.25, 0.3) is 5.91 Å². The first kappa shape index (κ1) is 20.5. The fraction of sp³-hybridized carbons (Fsp3) is 0.500. The predicted molar refractivity (Wildman–Crippen MR) is 114 cm³/mol. The Morgan fingerprint density at radius 2 is 1.87 bits per heavy atom. The first-order chi connectivity index (χ1) is 14.6. The predicted octanol–water partition coefficient (Wildman–Crippen LogP) is 4.21. The van der Waals surface area contributed by atoms with Gasteiger partial charge in [0, 0.05) is 25.4 Å². The van der Waals surface area contributed by atoms with E-state index in [1.165, 1.54) is 30.7 Å². The molecule has 4 rings (SSSR count). The Balaban J connectivity index is 1.34. The van der Waals surface area contributed by atoms with Crippen molar-refractivity contribution in [1.29, 1.82) is 0 Å². The van der Waals surface area contributed by atoms with Gasteiger partial charge in [-0.2, -0.15) is 0 Å². The highest BCUT2D eigenvalue weighted by Gasteiger charge is 2.25. The van der Waals surface area contributed by atoms with E-state index in [0.29, 0.717) is 17.6 Å². The van der Waals surface area contributed by atoms with Gasteiger partial charge < -0.3 is 19.5 Å².